The number of hydrogen-bond acceptors (Lipinski definition) is 6. The maximum Gasteiger partial charge on any atom is 0.416 e. The number of anilines is 1. The van der Waals surface area contributed by atoms with Crippen LogP contribution in [0.4, 0.5) is 18.9 Å². The fourth-order valence-electron chi connectivity index (χ4n) is 2.54. The van der Waals surface area contributed by atoms with Crippen molar-refractivity contribution in [1.29, 1.82) is 0 Å². The molecule has 0 radical (unpaired) electrons. The fourth-order valence-corrected chi connectivity index (χ4v) is 2.54. The van der Waals surface area contributed by atoms with E-state index in [4.69, 9.17) is 18.9 Å². The second-order valence-corrected chi connectivity index (χ2v) is 5.99. The summed E-state index contributed by atoms with van der Waals surface area (Å²) in [5, 5.41) is 2.35. The monoisotopic (exact) mass is 427 g/mol. The molecule has 1 N–H and O–H groups in total. The summed E-state index contributed by atoms with van der Waals surface area (Å²) in [5.74, 6) is -0.285. The van der Waals surface area contributed by atoms with Gasteiger partial charge in [-0.2, -0.15) is 13.2 Å². The van der Waals surface area contributed by atoms with Gasteiger partial charge in [0.1, 0.15) is 0 Å². The number of rotatable bonds is 8. The molecule has 0 spiro atoms. The van der Waals surface area contributed by atoms with Gasteiger partial charge in [0, 0.05) is 5.69 Å². The number of ether oxygens (including phenoxy) is 4. The van der Waals surface area contributed by atoms with E-state index in [1.54, 1.807) is 12.1 Å². The number of hydrogen-bond donors (Lipinski definition) is 1. The Morgan fingerprint density at radius 2 is 1.50 bits per heavy atom. The number of alkyl halides is 3. The second kappa shape index (κ2) is 9.86. The van der Waals surface area contributed by atoms with E-state index in [9.17, 15) is 22.8 Å². The third-order valence-corrected chi connectivity index (χ3v) is 3.93. The average Bonchev–Trinajstić information content (AvgIpc) is 2.71. The minimum atomic E-state index is -4.47. The minimum Gasteiger partial charge on any atom is -0.493 e. The van der Waals surface area contributed by atoms with E-state index in [1.807, 2.05) is 0 Å². The highest BCUT2D eigenvalue weighted by Crippen LogP contribution is 2.38. The molecule has 30 heavy (non-hydrogen) atoms. The van der Waals surface area contributed by atoms with Crippen LogP contribution in [0.3, 0.4) is 0 Å². The predicted octanol–water partition coefficient (Wildman–Crippen LogP) is 3.46. The molecule has 0 saturated heterocycles. The molecule has 0 bridgehead atoms. The topological polar surface area (TPSA) is 83.1 Å². The maximum absolute atomic E-state index is 12.5. The number of esters is 1. The number of benzene rings is 2. The van der Waals surface area contributed by atoms with Crippen molar-refractivity contribution in [2.24, 2.45) is 0 Å². The van der Waals surface area contributed by atoms with Crippen LogP contribution in [0.5, 0.6) is 17.2 Å². The van der Waals surface area contributed by atoms with Crippen LogP contribution in [0, 0.1) is 0 Å². The molecule has 0 aliphatic carbocycles. The lowest BCUT2D eigenvalue weighted by Crippen LogP contribution is -2.21. The number of nitrogens with one attached hydrogen (secondary N) is 1. The van der Waals surface area contributed by atoms with Gasteiger partial charge >= 0.3 is 12.1 Å². The number of halogens is 3. The predicted molar refractivity (Wildman–Crippen MR) is 101 cm³/mol. The van der Waals surface area contributed by atoms with Gasteiger partial charge in [-0.25, -0.2) is 0 Å². The number of methoxy groups -OCH3 is 3. The molecule has 0 fully saturated rings. The Hall–Kier alpha value is -3.43. The van der Waals surface area contributed by atoms with E-state index >= 15 is 0 Å². The van der Waals surface area contributed by atoms with Crippen LogP contribution < -0.4 is 19.5 Å². The van der Waals surface area contributed by atoms with Crippen molar-refractivity contribution in [2.45, 2.75) is 12.6 Å². The van der Waals surface area contributed by atoms with Crippen molar-refractivity contribution in [3.63, 3.8) is 0 Å². The van der Waals surface area contributed by atoms with Crippen LogP contribution >= 0.6 is 0 Å². The minimum absolute atomic E-state index is 0.147. The zero-order chi connectivity index (χ0) is 22.3. The summed E-state index contributed by atoms with van der Waals surface area (Å²) in [4.78, 5) is 23.9. The Labute approximate surface area is 170 Å². The zero-order valence-electron chi connectivity index (χ0n) is 16.5. The first-order valence-corrected chi connectivity index (χ1v) is 8.59. The van der Waals surface area contributed by atoms with Crippen LogP contribution in [0.15, 0.2) is 36.4 Å². The smallest absolute Gasteiger partial charge is 0.416 e. The van der Waals surface area contributed by atoms with Gasteiger partial charge in [-0.15, -0.1) is 0 Å². The summed E-state index contributed by atoms with van der Waals surface area (Å²) in [6.45, 7) is -0.593. The van der Waals surface area contributed by atoms with E-state index in [0.717, 1.165) is 24.3 Å². The second-order valence-electron chi connectivity index (χ2n) is 5.99. The number of carbonyl (C=O) groups excluding carboxylic acids is 2. The standard InChI is InChI=1S/C20H20F3NO6/c1-27-15-8-12(9-16(28-2)19(15)29-3)10-18(26)30-11-17(25)24-14-6-4-13(5-7-14)20(21,22)23/h4-9H,10-11H2,1-3H3,(H,24,25). The Bertz CT molecular complexity index is 871. The van der Waals surface area contributed by atoms with Gasteiger partial charge in [0.05, 0.1) is 33.3 Å². The van der Waals surface area contributed by atoms with Crippen LogP contribution in [0.1, 0.15) is 11.1 Å². The van der Waals surface area contributed by atoms with Gasteiger partial charge in [-0.05, 0) is 42.0 Å². The van der Waals surface area contributed by atoms with Crippen LogP contribution in [0.25, 0.3) is 0 Å². The van der Waals surface area contributed by atoms with Crippen molar-refractivity contribution in [3.05, 3.63) is 47.5 Å². The maximum atomic E-state index is 12.5. The normalized spacial score (nSPS) is 10.9. The van der Waals surface area contributed by atoms with Crippen molar-refractivity contribution in [1.82, 2.24) is 0 Å². The Kier molecular flexibility index (Phi) is 7.51. The Balaban J connectivity index is 1.92. The molecule has 0 aliphatic rings. The molecule has 0 aliphatic heterocycles. The summed E-state index contributed by atoms with van der Waals surface area (Å²) in [6.07, 6.45) is -4.63. The molecule has 1 amide bonds. The zero-order valence-corrected chi connectivity index (χ0v) is 16.5. The highest BCUT2D eigenvalue weighted by atomic mass is 19.4. The van der Waals surface area contributed by atoms with Gasteiger partial charge in [0.25, 0.3) is 5.91 Å². The third-order valence-electron chi connectivity index (χ3n) is 3.93. The van der Waals surface area contributed by atoms with Crippen LogP contribution in [-0.4, -0.2) is 39.8 Å². The Morgan fingerprint density at radius 1 is 0.933 bits per heavy atom. The lowest BCUT2D eigenvalue weighted by atomic mass is 10.1. The highest BCUT2D eigenvalue weighted by Gasteiger charge is 2.30. The molecular weight excluding hydrogens is 407 g/mol. The molecule has 2 rings (SSSR count). The molecule has 2 aromatic carbocycles. The van der Waals surface area contributed by atoms with Gasteiger partial charge in [0.15, 0.2) is 18.1 Å². The molecule has 0 unspecified atom stereocenters. The van der Waals surface area contributed by atoms with E-state index in [0.29, 0.717) is 22.8 Å². The molecule has 0 heterocycles. The van der Waals surface area contributed by atoms with Gasteiger partial charge in [0.2, 0.25) is 5.75 Å². The van der Waals surface area contributed by atoms with Crippen LogP contribution in [0.2, 0.25) is 0 Å². The molecule has 2 aromatic rings. The Morgan fingerprint density at radius 3 is 1.97 bits per heavy atom. The van der Waals surface area contributed by atoms with Crippen molar-refractivity contribution < 1.29 is 41.7 Å². The highest BCUT2D eigenvalue weighted by molar-refractivity contribution is 5.92. The number of amides is 1. The first-order chi connectivity index (χ1) is 14.2. The summed E-state index contributed by atoms with van der Waals surface area (Å²) in [7, 11) is 4.32. The van der Waals surface area contributed by atoms with E-state index in [2.05, 4.69) is 5.32 Å². The lowest BCUT2D eigenvalue weighted by Gasteiger charge is -2.14. The SMILES string of the molecule is COc1cc(CC(=O)OCC(=O)Nc2ccc(C(F)(F)F)cc2)cc(OC)c1OC. The van der Waals surface area contributed by atoms with Gasteiger partial charge in [-0.3, -0.25) is 9.59 Å². The molecule has 7 nitrogen and oxygen atoms in total. The van der Waals surface area contributed by atoms with E-state index < -0.39 is 30.2 Å². The third kappa shape index (κ3) is 6.03. The van der Waals surface area contributed by atoms with Gasteiger partial charge in [-0.1, -0.05) is 0 Å². The van der Waals surface area contributed by atoms with Crippen molar-refractivity contribution >= 4 is 17.6 Å². The number of carbonyl (C=O) groups is 2. The lowest BCUT2D eigenvalue weighted by molar-refractivity contribution is -0.146. The fraction of sp³-hybridized carbons (Fsp3) is 0.300. The first-order valence-electron chi connectivity index (χ1n) is 8.59. The summed E-state index contributed by atoms with van der Waals surface area (Å²) in [6, 6.07) is 7.05. The molecule has 0 aromatic heterocycles. The molecule has 0 atom stereocenters. The average molecular weight is 427 g/mol. The largest absolute Gasteiger partial charge is 0.493 e. The van der Waals surface area contributed by atoms with E-state index in [-0.39, 0.29) is 12.1 Å². The molecule has 162 valence electrons. The van der Waals surface area contributed by atoms with E-state index in [1.165, 1.54) is 21.3 Å². The van der Waals surface area contributed by atoms with Crippen LogP contribution in [-0.2, 0) is 26.9 Å². The summed E-state index contributed by atoms with van der Waals surface area (Å²) < 4.78 is 58.1. The molecule has 10 heteroatoms. The molecule has 0 saturated carbocycles. The van der Waals surface area contributed by atoms with Gasteiger partial charge < -0.3 is 24.3 Å². The quantitative estimate of drug-likeness (QED) is 0.650. The van der Waals surface area contributed by atoms with Crippen molar-refractivity contribution in [2.75, 3.05) is 33.3 Å². The molecular formula is C20H20F3NO6. The summed E-state index contributed by atoms with van der Waals surface area (Å²) in [5.41, 5.74) is -0.177. The first kappa shape index (κ1) is 22.9. The van der Waals surface area contributed by atoms with Crippen molar-refractivity contribution in [3.8, 4) is 17.2 Å². The summed E-state index contributed by atoms with van der Waals surface area (Å²) >= 11 is 0.